The minimum Gasteiger partial charge on any atom is -0.0610 e. The van der Waals surface area contributed by atoms with Crippen LogP contribution < -0.4 is 0 Å². The Bertz CT molecular complexity index is 2570. The van der Waals surface area contributed by atoms with Crippen molar-refractivity contribution >= 4 is 32.3 Å². The van der Waals surface area contributed by atoms with Crippen LogP contribution in [0.3, 0.4) is 0 Å². The van der Waals surface area contributed by atoms with Gasteiger partial charge in [-0.05, 0) is 145 Å². The molecule has 0 bridgehead atoms. The molecule has 0 saturated heterocycles. The summed E-state index contributed by atoms with van der Waals surface area (Å²) in [6.45, 7) is 13.8. The van der Waals surface area contributed by atoms with Gasteiger partial charge in [-0.25, -0.2) is 0 Å². The van der Waals surface area contributed by atoms with E-state index in [9.17, 15) is 0 Å². The van der Waals surface area contributed by atoms with Gasteiger partial charge in [-0.1, -0.05) is 151 Å². The summed E-state index contributed by atoms with van der Waals surface area (Å²) in [5, 5.41) is 7.93. The molecular formula is C50H40. The first-order chi connectivity index (χ1) is 24.0. The lowest BCUT2D eigenvalue weighted by atomic mass is 9.85. The smallest absolute Gasteiger partial charge is 0.00201 e. The third-order valence-corrected chi connectivity index (χ3v) is 11.5. The van der Waals surface area contributed by atoms with E-state index in [1.165, 1.54) is 110 Å². The van der Waals surface area contributed by atoms with Gasteiger partial charge >= 0.3 is 0 Å². The van der Waals surface area contributed by atoms with E-state index in [1.807, 2.05) is 0 Å². The SMILES string of the molecule is CC(C)(C)c1ccc2c(c1)-c1ccc(-c3ccc4ccc(-c5ccc6c7c(cccc57)-c5ccc(C(C)(C)C)cc5-6)cc4c3)c3cccc-2c13. The monoisotopic (exact) mass is 640 g/mol. The van der Waals surface area contributed by atoms with E-state index >= 15 is 0 Å². The third kappa shape index (κ3) is 4.18. The number of hydrogen-bond acceptors (Lipinski definition) is 0. The zero-order valence-corrected chi connectivity index (χ0v) is 29.7. The molecule has 8 aromatic rings. The summed E-state index contributed by atoms with van der Waals surface area (Å²) in [6.07, 6.45) is 0. The maximum atomic E-state index is 2.42. The Morgan fingerprint density at radius 1 is 0.300 bits per heavy atom. The van der Waals surface area contributed by atoms with Crippen molar-refractivity contribution in [3.8, 4) is 66.8 Å². The largest absolute Gasteiger partial charge is 0.0610 e. The first-order valence-corrected chi connectivity index (χ1v) is 18.0. The molecular weight excluding hydrogens is 601 g/mol. The zero-order chi connectivity index (χ0) is 34.1. The Morgan fingerprint density at radius 3 is 1.14 bits per heavy atom. The second-order valence-corrected chi connectivity index (χ2v) is 16.6. The summed E-state index contributed by atoms with van der Waals surface area (Å²) in [6, 6.07) is 51.2. The summed E-state index contributed by atoms with van der Waals surface area (Å²) in [4.78, 5) is 0. The van der Waals surface area contributed by atoms with Gasteiger partial charge in [0.05, 0.1) is 0 Å². The van der Waals surface area contributed by atoms with E-state index < -0.39 is 0 Å². The van der Waals surface area contributed by atoms with E-state index in [1.54, 1.807) is 0 Å². The van der Waals surface area contributed by atoms with Crippen LogP contribution in [0.15, 0.2) is 133 Å². The van der Waals surface area contributed by atoms with Crippen LogP contribution in [0.4, 0.5) is 0 Å². The van der Waals surface area contributed by atoms with E-state index in [0.29, 0.717) is 0 Å². The van der Waals surface area contributed by atoms with Crippen LogP contribution in [0.2, 0.25) is 0 Å². The van der Waals surface area contributed by atoms with Gasteiger partial charge in [-0.3, -0.25) is 0 Å². The lowest BCUT2D eigenvalue weighted by molar-refractivity contribution is 0.590. The molecule has 0 heterocycles. The average molecular weight is 641 g/mol. The Balaban J connectivity index is 1.09. The third-order valence-electron chi connectivity index (χ3n) is 11.5. The van der Waals surface area contributed by atoms with Gasteiger partial charge in [0, 0.05) is 0 Å². The molecule has 0 nitrogen and oxygen atoms in total. The summed E-state index contributed by atoms with van der Waals surface area (Å²) in [7, 11) is 0. The van der Waals surface area contributed by atoms with E-state index in [-0.39, 0.29) is 10.8 Å². The first kappa shape index (κ1) is 29.5. The maximum Gasteiger partial charge on any atom is -0.00201 e. The highest BCUT2D eigenvalue weighted by molar-refractivity contribution is 6.20. The molecule has 0 saturated carbocycles. The molecule has 10 rings (SSSR count). The molecule has 0 fully saturated rings. The van der Waals surface area contributed by atoms with E-state index in [2.05, 4.69) is 175 Å². The molecule has 0 aromatic heterocycles. The maximum absolute atomic E-state index is 2.42. The zero-order valence-electron chi connectivity index (χ0n) is 29.7. The Hall–Kier alpha value is -5.46. The number of fused-ring (bicyclic) bond motifs is 7. The predicted octanol–water partition coefficient (Wildman–Crippen LogP) is 14.4. The Labute approximate surface area is 295 Å². The predicted molar refractivity (Wildman–Crippen MR) is 216 cm³/mol. The van der Waals surface area contributed by atoms with Gasteiger partial charge in [0.25, 0.3) is 0 Å². The molecule has 0 amide bonds. The summed E-state index contributed by atoms with van der Waals surface area (Å²) < 4.78 is 0. The second-order valence-electron chi connectivity index (χ2n) is 16.6. The van der Waals surface area contributed by atoms with Crippen molar-refractivity contribution in [3.63, 3.8) is 0 Å². The first-order valence-electron chi connectivity index (χ1n) is 18.0. The fraction of sp³-hybridized carbons (Fsp3) is 0.160. The molecule has 240 valence electrons. The molecule has 0 radical (unpaired) electrons. The molecule has 0 heteroatoms. The van der Waals surface area contributed by atoms with Crippen molar-refractivity contribution in [2.45, 2.75) is 52.4 Å². The lowest BCUT2D eigenvalue weighted by Crippen LogP contribution is -2.10. The fourth-order valence-corrected chi connectivity index (χ4v) is 8.73. The summed E-state index contributed by atoms with van der Waals surface area (Å²) in [5.41, 5.74) is 18.9. The van der Waals surface area contributed by atoms with Gasteiger partial charge in [0.1, 0.15) is 0 Å². The summed E-state index contributed by atoms with van der Waals surface area (Å²) >= 11 is 0. The highest BCUT2D eigenvalue weighted by Crippen LogP contribution is 2.52. The molecule has 0 atom stereocenters. The minimum absolute atomic E-state index is 0.112. The van der Waals surface area contributed by atoms with Gasteiger partial charge < -0.3 is 0 Å². The topological polar surface area (TPSA) is 0 Å². The lowest BCUT2D eigenvalue weighted by Gasteiger charge is -2.20. The van der Waals surface area contributed by atoms with Gasteiger partial charge in [0.15, 0.2) is 0 Å². The van der Waals surface area contributed by atoms with Crippen molar-refractivity contribution in [1.29, 1.82) is 0 Å². The van der Waals surface area contributed by atoms with Crippen LogP contribution in [0.5, 0.6) is 0 Å². The normalized spacial score (nSPS) is 13.0. The van der Waals surface area contributed by atoms with Crippen LogP contribution in [0, 0.1) is 0 Å². The quantitative estimate of drug-likeness (QED) is 0.176. The number of benzene rings is 8. The van der Waals surface area contributed by atoms with Gasteiger partial charge in [-0.2, -0.15) is 0 Å². The van der Waals surface area contributed by atoms with Crippen molar-refractivity contribution in [2.75, 3.05) is 0 Å². The van der Waals surface area contributed by atoms with Crippen molar-refractivity contribution in [2.24, 2.45) is 0 Å². The van der Waals surface area contributed by atoms with Crippen LogP contribution in [-0.2, 0) is 10.8 Å². The Morgan fingerprint density at radius 2 is 0.700 bits per heavy atom. The van der Waals surface area contributed by atoms with Gasteiger partial charge in [0.2, 0.25) is 0 Å². The summed E-state index contributed by atoms with van der Waals surface area (Å²) in [5.74, 6) is 0. The molecule has 0 spiro atoms. The van der Waals surface area contributed by atoms with E-state index in [0.717, 1.165) is 0 Å². The molecule has 0 aliphatic heterocycles. The average Bonchev–Trinajstić information content (AvgIpc) is 3.61. The van der Waals surface area contributed by atoms with Crippen molar-refractivity contribution in [3.05, 3.63) is 145 Å². The molecule has 2 aliphatic carbocycles. The van der Waals surface area contributed by atoms with Crippen molar-refractivity contribution in [1.82, 2.24) is 0 Å². The molecule has 2 aliphatic rings. The number of hydrogen-bond donors (Lipinski definition) is 0. The van der Waals surface area contributed by atoms with Crippen LogP contribution in [-0.4, -0.2) is 0 Å². The molecule has 0 N–H and O–H groups in total. The number of rotatable bonds is 2. The van der Waals surface area contributed by atoms with Crippen molar-refractivity contribution < 1.29 is 0 Å². The fourth-order valence-electron chi connectivity index (χ4n) is 8.73. The highest BCUT2D eigenvalue weighted by atomic mass is 14.3. The molecule has 8 aromatic carbocycles. The van der Waals surface area contributed by atoms with Gasteiger partial charge in [-0.15, -0.1) is 0 Å². The Kier molecular flexibility index (Phi) is 5.92. The molecule has 50 heavy (non-hydrogen) atoms. The van der Waals surface area contributed by atoms with Crippen LogP contribution in [0.25, 0.3) is 99.1 Å². The minimum atomic E-state index is 0.112. The van der Waals surface area contributed by atoms with Crippen LogP contribution >= 0.6 is 0 Å². The van der Waals surface area contributed by atoms with Crippen LogP contribution in [0.1, 0.15) is 52.7 Å². The second kappa shape index (κ2) is 10.1. The standard InChI is InChI=1S/C50H40/c1-49(2,3)33-17-19-37-41-11-7-9-39-35(21-23-43(47(39)41)45(37)27-33)30-15-13-29-14-16-31(26-32(29)25-30)36-22-24-44-46-28-34(50(4,5)6)18-20-38(46)42-12-8-10-40(36)48(42)44/h7-28H,1-6H3. The van der Waals surface area contributed by atoms with E-state index in [4.69, 9.17) is 0 Å². The highest BCUT2D eigenvalue weighted by Gasteiger charge is 2.27. The molecule has 0 unspecified atom stereocenters.